The molecule has 0 fully saturated rings. The molecule has 0 bridgehead atoms. The number of ether oxygens (including phenoxy) is 1. The maximum Gasteiger partial charge on any atom is 0.269 e. The minimum Gasteiger partial charge on any atom is -0.496 e. The number of nitrogens with one attached hydrogen (secondary N) is 1. The van der Waals surface area contributed by atoms with Crippen LogP contribution in [0.15, 0.2) is 18.2 Å². The lowest BCUT2D eigenvalue weighted by Gasteiger charge is -2.18. The summed E-state index contributed by atoms with van der Waals surface area (Å²) in [6.07, 6.45) is 0.0125. The Labute approximate surface area is 127 Å². The molecule has 8 nitrogen and oxygen atoms in total. The van der Waals surface area contributed by atoms with Gasteiger partial charge in [0.15, 0.2) is 0 Å². The molecule has 0 aliphatic heterocycles. The lowest BCUT2D eigenvalue weighted by atomic mass is 10.0. The van der Waals surface area contributed by atoms with Gasteiger partial charge in [-0.15, -0.1) is 0 Å². The van der Waals surface area contributed by atoms with E-state index in [1.807, 2.05) is 0 Å². The van der Waals surface area contributed by atoms with Crippen LogP contribution in [0.4, 0.5) is 5.69 Å². The van der Waals surface area contributed by atoms with E-state index in [1.165, 1.54) is 25.3 Å². The Bertz CT molecular complexity index is 586. The molecule has 1 rings (SSSR count). The summed E-state index contributed by atoms with van der Waals surface area (Å²) >= 11 is 0. The highest BCUT2D eigenvalue weighted by molar-refractivity contribution is 5.87. The molecule has 0 saturated carbocycles. The Morgan fingerprint density at radius 1 is 1.41 bits per heavy atom. The molecule has 0 radical (unpaired) electrons. The van der Waals surface area contributed by atoms with E-state index in [0.717, 1.165) is 0 Å². The van der Waals surface area contributed by atoms with Crippen molar-refractivity contribution in [1.29, 1.82) is 0 Å². The number of hydrogen-bond donors (Lipinski definition) is 2. The molecule has 0 heterocycles. The van der Waals surface area contributed by atoms with Gasteiger partial charge in [0.2, 0.25) is 11.8 Å². The Hall–Kier alpha value is -2.64. The number of carbonyl (C=O) groups excluding carboxylic acids is 2. The number of nitrogens with two attached hydrogens (primary N) is 1. The number of nitro benzene ring substituents is 1. The molecule has 0 aromatic heterocycles. The van der Waals surface area contributed by atoms with Crippen molar-refractivity contribution in [2.24, 2.45) is 11.7 Å². The molecule has 0 aliphatic rings. The van der Waals surface area contributed by atoms with E-state index in [2.05, 4.69) is 5.32 Å². The van der Waals surface area contributed by atoms with Crippen LogP contribution in [0.1, 0.15) is 19.4 Å². The second kappa shape index (κ2) is 7.39. The second-order valence-corrected chi connectivity index (χ2v) is 5.08. The average molecular weight is 309 g/mol. The Balaban J connectivity index is 3.06. The maximum absolute atomic E-state index is 11.7. The van der Waals surface area contributed by atoms with Gasteiger partial charge in [-0.2, -0.15) is 0 Å². The molecule has 0 aliphatic carbocycles. The largest absolute Gasteiger partial charge is 0.496 e. The first-order chi connectivity index (χ1) is 10.3. The van der Waals surface area contributed by atoms with Gasteiger partial charge in [0, 0.05) is 30.0 Å². The molecule has 3 N–H and O–H groups in total. The third kappa shape index (κ3) is 4.44. The molecule has 8 heteroatoms. The van der Waals surface area contributed by atoms with Crippen LogP contribution >= 0.6 is 0 Å². The molecule has 2 amide bonds. The molecule has 0 spiro atoms. The molecule has 22 heavy (non-hydrogen) atoms. The van der Waals surface area contributed by atoms with Gasteiger partial charge in [0.25, 0.3) is 5.69 Å². The van der Waals surface area contributed by atoms with Crippen LogP contribution in [0.25, 0.3) is 0 Å². The summed E-state index contributed by atoms with van der Waals surface area (Å²) in [6, 6.07) is 3.08. The smallest absolute Gasteiger partial charge is 0.269 e. The van der Waals surface area contributed by atoms with Crippen LogP contribution in [0.2, 0.25) is 0 Å². The van der Waals surface area contributed by atoms with Gasteiger partial charge in [0.1, 0.15) is 11.8 Å². The van der Waals surface area contributed by atoms with Gasteiger partial charge < -0.3 is 15.8 Å². The fourth-order valence-electron chi connectivity index (χ4n) is 1.82. The monoisotopic (exact) mass is 309 g/mol. The van der Waals surface area contributed by atoms with E-state index in [-0.39, 0.29) is 23.9 Å². The number of benzene rings is 1. The van der Waals surface area contributed by atoms with Crippen molar-refractivity contribution in [3.8, 4) is 5.75 Å². The summed E-state index contributed by atoms with van der Waals surface area (Å²) in [5.41, 5.74) is 5.58. The number of methoxy groups -OCH3 is 1. The molecular weight excluding hydrogens is 290 g/mol. The van der Waals surface area contributed by atoms with Gasteiger partial charge in [-0.1, -0.05) is 13.8 Å². The number of nitrogens with zero attached hydrogens (tertiary/aromatic N) is 1. The first kappa shape index (κ1) is 17.4. The molecule has 0 saturated heterocycles. The molecule has 1 aromatic carbocycles. The first-order valence-electron chi connectivity index (χ1n) is 6.67. The van der Waals surface area contributed by atoms with E-state index in [1.54, 1.807) is 13.8 Å². The first-order valence-corrected chi connectivity index (χ1v) is 6.67. The normalized spacial score (nSPS) is 11.8. The van der Waals surface area contributed by atoms with Crippen molar-refractivity contribution < 1.29 is 19.2 Å². The summed E-state index contributed by atoms with van der Waals surface area (Å²) in [5.74, 6) is -0.972. The van der Waals surface area contributed by atoms with E-state index in [4.69, 9.17) is 10.5 Å². The van der Waals surface area contributed by atoms with Crippen molar-refractivity contribution in [1.82, 2.24) is 5.32 Å². The third-order valence-corrected chi connectivity index (χ3v) is 3.08. The van der Waals surface area contributed by atoms with Crippen molar-refractivity contribution in [2.75, 3.05) is 7.11 Å². The summed E-state index contributed by atoms with van der Waals surface area (Å²) < 4.78 is 5.13. The highest BCUT2D eigenvalue weighted by Crippen LogP contribution is 2.25. The van der Waals surface area contributed by atoms with Crippen molar-refractivity contribution in [3.63, 3.8) is 0 Å². The zero-order chi connectivity index (χ0) is 16.9. The lowest BCUT2D eigenvalue weighted by molar-refractivity contribution is -0.384. The number of amides is 2. The van der Waals surface area contributed by atoms with Crippen molar-refractivity contribution >= 4 is 17.5 Å². The Morgan fingerprint density at radius 3 is 2.50 bits per heavy atom. The predicted octanol–water partition coefficient (Wildman–Crippen LogP) is 0.772. The average Bonchev–Trinajstić information content (AvgIpc) is 2.45. The van der Waals surface area contributed by atoms with Crippen LogP contribution < -0.4 is 15.8 Å². The van der Waals surface area contributed by atoms with E-state index in [9.17, 15) is 19.7 Å². The zero-order valence-electron chi connectivity index (χ0n) is 12.7. The number of hydrogen-bond acceptors (Lipinski definition) is 5. The zero-order valence-corrected chi connectivity index (χ0v) is 12.7. The number of non-ortho nitro benzene ring substituents is 1. The predicted molar refractivity (Wildman–Crippen MR) is 79.3 cm³/mol. The number of carbonyl (C=O) groups is 2. The maximum atomic E-state index is 11.7. The topological polar surface area (TPSA) is 125 Å². The van der Waals surface area contributed by atoms with Crippen molar-refractivity contribution in [2.45, 2.75) is 26.3 Å². The molecule has 1 aromatic rings. The van der Waals surface area contributed by atoms with Gasteiger partial charge in [0.05, 0.1) is 12.0 Å². The van der Waals surface area contributed by atoms with Gasteiger partial charge in [-0.3, -0.25) is 19.7 Å². The quantitative estimate of drug-likeness (QED) is 0.568. The van der Waals surface area contributed by atoms with Crippen LogP contribution in [-0.2, 0) is 16.0 Å². The van der Waals surface area contributed by atoms with Crippen LogP contribution in [0.5, 0.6) is 5.75 Å². The van der Waals surface area contributed by atoms with E-state index < -0.39 is 16.9 Å². The van der Waals surface area contributed by atoms with Crippen molar-refractivity contribution in [3.05, 3.63) is 33.9 Å². The van der Waals surface area contributed by atoms with Gasteiger partial charge in [-0.25, -0.2) is 0 Å². The van der Waals surface area contributed by atoms with E-state index >= 15 is 0 Å². The number of nitro groups is 1. The van der Waals surface area contributed by atoms with Crippen LogP contribution in [0, 0.1) is 16.0 Å². The fraction of sp³-hybridized carbons (Fsp3) is 0.429. The molecule has 1 atom stereocenters. The SMILES string of the molecule is COc1ccc([N+](=O)[O-])cc1C[C@H](NC(=O)C(C)C)C(N)=O. The minimum atomic E-state index is -0.967. The lowest BCUT2D eigenvalue weighted by Crippen LogP contribution is -2.47. The number of rotatable bonds is 7. The summed E-state index contributed by atoms with van der Waals surface area (Å²) in [6.45, 7) is 3.36. The molecule has 120 valence electrons. The summed E-state index contributed by atoms with van der Waals surface area (Å²) in [4.78, 5) is 33.5. The van der Waals surface area contributed by atoms with Crippen LogP contribution in [0.3, 0.4) is 0 Å². The summed E-state index contributed by atoms with van der Waals surface area (Å²) in [7, 11) is 1.41. The van der Waals surface area contributed by atoms with Gasteiger partial charge in [-0.05, 0) is 6.07 Å². The van der Waals surface area contributed by atoms with Gasteiger partial charge >= 0.3 is 0 Å². The molecular formula is C14H19N3O5. The number of primary amides is 1. The Morgan fingerprint density at radius 2 is 2.05 bits per heavy atom. The standard InChI is InChI=1S/C14H19N3O5/c1-8(2)14(19)16-11(13(15)18)7-9-6-10(17(20)21)4-5-12(9)22-3/h4-6,8,11H,7H2,1-3H3,(H2,15,18)(H,16,19)/t11-/m0/s1. The fourth-order valence-corrected chi connectivity index (χ4v) is 1.82. The van der Waals surface area contributed by atoms with Crippen LogP contribution in [-0.4, -0.2) is 29.9 Å². The highest BCUT2D eigenvalue weighted by atomic mass is 16.6. The second-order valence-electron chi connectivity index (χ2n) is 5.08. The summed E-state index contributed by atoms with van der Waals surface area (Å²) in [5, 5.41) is 13.4. The minimum absolute atomic E-state index is 0.0125. The third-order valence-electron chi connectivity index (χ3n) is 3.08. The Kier molecular flexibility index (Phi) is 5.85. The molecule has 0 unspecified atom stereocenters. The highest BCUT2D eigenvalue weighted by Gasteiger charge is 2.23. The van der Waals surface area contributed by atoms with E-state index in [0.29, 0.717) is 11.3 Å².